The number of anilines is 6. The highest BCUT2D eigenvalue weighted by Crippen LogP contribution is 2.61. The molecule has 0 amide bonds. The lowest BCUT2D eigenvalue weighted by atomic mass is 9.62. The first-order valence-electron chi connectivity index (χ1n) is 47.4. The topological polar surface area (TPSA) is 42.1 Å². The lowest BCUT2D eigenvalue weighted by Gasteiger charge is -2.46. The summed E-state index contributed by atoms with van der Waals surface area (Å²) in [6, 6.07) is 198. The largest absolute Gasteiger partial charge is 0.309 e. The Bertz CT molecular complexity index is 8450. The smallest absolute Gasteiger partial charge is 0.138 e. The second kappa shape index (κ2) is 34.8. The van der Waals surface area contributed by atoms with Crippen molar-refractivity contribution in [3.05, 3.63) is 590 Å². The molecule has 0 saturated heterocycles. The number of rotatable bonds is 16. The van der Waals surface area contributed by atoms with Gasteiger partial charge in [0.1, 0.15) is 11.6 Å². The highest BCUT2D eigenvalue weighted by molar-refractivity contribution is 6.12. The first-order valence-corrected chi connectivity index (χ1v) is 47.4. The highest BCUT2D eigenvalue weighted by Gasteiger charge is 2.49. The van der Waals surface area contributed by atoms with Crippen LogP contribution in [0.1, 0.15) is 44.5 Å². The van der Waals surface area contributed by atoms with Gasteiger partial charge in [-0.3, -0.25) is 9.80 Å². The Morgan fingerprint density at radius 2 is 0.428 bits per heavy atom. The van der Waals surface area contributed by atoms with Crippen molar-refractivity contribution >= 4 is 78.0 Å². The molecule has 6 nitrogen and oxygen atoms in total. The van der Waals surface area contributed by atoms with Crippen LogP contribution in [-0.4, -0.2) is 19.1 Å². The van der Waals surface area contributed by atoms with Gasteiger partial charge in [-0.1, -0.05) is 437 Å². The zero-order valence-corrected chi connectivity index (χ0v) is 75.6. The Morgan fingerprint density at radius 1 is 0.152 bits per heavy atom. The van der Waals surface area contributed by atoms with E-state index in [-0.39, 0.29) is 0 Å². The number of hydrogen-bond acceptors (Lipinski definition) is 4. The van der Waals surface area contributed by atoms with Crippen LogP contribution < -0.4 is 9.80 Å². The molecule has 0 saturated carbocycles. The number of fused-ring (bicyclic) bond motifs is 10. The van der Waals surface area contributed by atoms with Gasteiger partial charge >= 0.3 is 0 Å². The third kappa shape index (κ3) is 14.1. The van der Waals surface area contributed by atoms with E-state index in [0.29, 0.717) is 0 Å². The molecule has 24 aromatic rings. The van der Waals surface area contributed by atoms with Gasteiger partial charge < -0.3 is 9.13 Å². The Hall–Kier alpha value is -18.1. The Labute approximate surface area is 803 Å². The lowest BCUT2D eigenvalue weighted by Crippen LogP contribution is -2.38. The Morgan fingerprint density at radius 3 is 0.826 bits per heavy atom. The van der Waals surface area contributed by atoms with Crippen molar-refractivity contribution in [3.63, 3.8) is 0 Å². The van der Waals surface area contributed by atoms with Gasteiger partial charge in [0.2, 0.25) is 0 Å². The van der Waals surface area contributed by atoms with Gasteiger partial charge in [-0.05, 0) is 220 Å². The van der Waals surface area contributed by atoms with Crippen LogP contribution in [0, 0.1) is 0 Å². The summed E-state index contributed by atoms with van der Waals surface area (Å²) in [5.74, 6) is 1.71. The minimum atomic E-state index is -0.644. The van der Waals surface area contributed by atoms with Gasteiger partial charge in [-0.2, -0.15) is 0 Å². The first-order chi connectivity index (χ1) is 68.4. The van der Waals surface area contributed by atoms with Gasteiger partial charge in [-0.15, -0.1) is 0 Å². The van der Waals surface area contributed by atoms with E-state index in [1.807, 2.05) is 0 Å². The predicted octanol–water partition coefficient (Wildman–Crippen LogP) is 34.0. The summed E-state index contributed by atoms with van der Waals surface area (Å²) in [6.07, 6.45) is 0. The van der Waals surface area contributed by atoms with E-state index in [2.05, 4.69) is 565 Å². The molecule has 0 atom stereocenters. The zero-order valence-electron chi connectivity index (χ0n) is 75.6. The van der Waals surface area contributed by atoms with E-state index in [1.165, 1.54) is 110 Å². The van der Waals surface area contributed by atoms with Crippen LogP contribution in [0.25, 0.3) is 144 Å². The Kier molecular flexibility index (Phi) is 20.6. The van der Waals surface area contributed by atoms with Crippen LogP contribution in [0.15, 0.2) is 546 Å². The molecule has 4 aromatic heterocycles. The summed E-state index contributed by atoms with van der Waals surface area (Å²) in [5.41, 5.74) is 37.4. The Balaban J connectivity index is 0.000000146. The molecule has 0 spiro atoms. The minimum absolute atomic E-state index is 0.643. The average Bonchev–Trinajstić information content (AvgIpc) is 0.882. The van der Waals surface area contributed by atoms with Crippen LogP contribution in [0.4, 0.5) is 34.4 Å². The van der Waals surface area contributed by atoms with E-state index >= 15 is 0 Å². The number of benzene rings is 20. The van der Waals surface area contributed by atoms with E-state index < -0.39 is 10.8 Å². The molecular weight excluding hydrogens is 1670 g/mol. The molecule has 6 heteroatoms. The molecular formula is C132H90N6. The molecule has 6 heterocycles. The fraction of sp³-hybridized carbons (Fsp3) is 0.0152. The molecule has 138 heavy (non-hydrogen) atoms. The number of hydrogen-bond donors (Lipinski definition) is 0. The summed E-state index contributed by atoms with van der Waals surface area (Å²) in [4.78, 5) is 16.0. The standard InChI is InChI=1S/2C66H45N3/c1-6-21-46(22-7-1)49-27-20-32-55(41-49)68-61-35-18-16-33-56(61)57-42-50(38-40-62(57)68)51-37-39-59-64(44-51)69(65-45-52(47-23-8-2-9-24-47)43-60(67-65)48-25-10-3-11-26-48)63-36-19-17-34-58(63)66(59,53-28-12-4-13-29-53)54-30-14-5-15-31-54;1-6-20-46(21-7-1)48-34-38-55(39-35-48)68-61-32-18-16-30-56(61)57-42-50(37-41-62(57)68)51-36-40-59-64(44-51)69(65-45-52(47-22-8-2-9-23-47)43-60(67-65)49-24-10-3-11-25-49)63-33-19-17-31-58(63)66(59,53-26-12-4-13-27-53)54-28-14-5-15-29-54/h2*1-45H. The summed E-state index contributed by atoms with van der Waals surface area (Å²) in [5, 5.41) is 4.86. The summed E-state index contributed by atoms with van der Waals surface area (Å²) in [7, 11) is 0. The second-order valence-corrected chi connectivity index (χ2v) is 35.8. The van der Waals surface area contributed by atoms with Crippen LogP contribution in [0.2, 0.25) is 0 Å². The SMILES string of the molecule is c1ccc(-c2ccc(-n3c4ccccc4c4cc(-c5ccc6c(c5)N(c5cc(-c7ccccc7)cc(-c7ccccc7)n5)c5ccccc5C6(c5ccccc5)c5ccccc5)ccc43)cc2)cc1.c1ccc(-c2cccc(-n3c4ccccc4c4cc(-c5ccc6c(c5)N(c5cc(-c7ccccc7)cc(-c7ccccc7)n5)c5ccccc5C6(c5ccccc5)c5ccccc5)ccc43)c2)cc1. The van der Waals surface area contributed by atoms with E-state index in [0.717, 1.165) is 113 Å². The van der Waals surface area contributed by atoms with Gasteiger partial charge in [0.25, 0.3) is 0 Å². The molecule has 2 aliphatic rings. The van der Waals surface area contributed by atoms with E-state index in [1.54, 1.807) is 0 Å². The lowest BCUT2D eigenvalue weighted by molar-refractivity contribution is 0.730. The fourth-order valence-electron chi connectivity index (χ4n) is 21.9. The molecule has 0 unspecified atom stereocenters. The maximum absolute atomic E-state index is 5.60. The molecule has 26 rings (SSSR count). The maximum atomic E-state index is 5.60. The normalized spacial score (nSPS) is 12.7. The van der Waals surface area contributed by atoms with Crippen LogP contribution in [-0.2, 0) is 10.8 Å². The fourth-order valence-corrected chi connectivity index (χ4v) is 21.9. The van der Waals surface area contributed by atoms with Gasteiger partial charge in [-0.25, -0.2) is 9.97 Å². The zero-order chi connectivity index (χ0) is 91.5. The molecule has 0 N–H and O–H groups in total. The van der Waals surface area contributed by atoms with Crippen LogP contribution in [0.3, 0.4) is 0 Å². The number of para-hydroxylation sites is 4. The number of nitrogens with zero attached hydrogens (tertiary/aromatic N) is 6. The average molecular weight is 1760 g/mol. The second-order valence-electron chi connectivity index (χ2n) is 35.8. The summed E-state index contributed by atoms with van der Waals surface area (Å²) in [6.45, 7) is 0. The summed E-state index contributed by atoms with van der Waals surface area (Å²) < 4.78 is 4.81. The molecule has 0 fully saturated rings. The van der Waals surface area contributed by atoms with E-state index in [4.69, 9.17) is 9.97 Å². The molecule has 0 aliphatic carbocycles. The molecule has 20 aromatic carbocycles. The molecule has 648 valence electrons. The maximum Gasteiger partial charge on any atom is 0.138 e. The first kappa shape index (κ1) is 81.9. The third-order valence-corrected chi connectivity index (χ3v) is 28.1. The molecule has 0 bridgehead atoms. The van der Waals surface area contributed by atoms with Crippen LogP contribution >= 0.6 is 0 Å². The minimum Gasteiger partial charge on any atom is -0.309 e. The van der Waals surface area contributed by atoms with Crippen molar-refractivity contribution in [2.24, 2.45) is 0 Å². The van der Waals surface area contributed by atoms with Gasteiger partial charge in [0.05, 0.1) is 67.0 Å². The third-order valence-electron chi connectivity index (χ3n) is 28.1. The van der Waals surface area contributed by atoms with Crippen molar-refractivity contribution in [1.82, 2.24) is 19.1 Å². The van der Waals surface area contributed by atoms with Crippen molar-refractivity contribution in [1.29, 1.82) is 0 Å². The highest BCUT2D eigenvalue weighted by atomic mass is 15.2. The number of aromatic nitrogens is 4. The van der Waals surface area contributed by atoms with Gasteiger partial charge in [0.15, 0.2) is 0 Å². The van der Waals surface area contributed by atoms with E-state index in [9.17, 15) is 0 Å². The molecule has 2 aliphatic heterocycles. The monoisotopic (exact) mass is 1760 g/mol. The van der Waals surface area contributed by atoms with Crippen LogP contribution in [0.5, 0.6) is 0 Å². The van der Waals surface area contributed by atoms with Gasteiger partial charge in [0, 0.05) is 44.0 Å². The predicted molar refractivity (Wildman–Crippen MR) is 574 cm³/mol. The quantitative estimate of drug-likeness (QED) is 0.0967. The van der Waals surface area contributed by atoms with Crippen molar-refractivity contribution < 1.29 is 0 Å². The number of pyridine rings is 2. The van der Waals surface area contributed by atoms with Crippen molar-refractivity contribution in [2.75, 3.05) is 9.80 Å². The molecule has 0 radical (unpaired) electrons. The van der Waals surface area contributed by atoms with Crippen molar-refractivity contribution in [3.8, 4) is 101 Å². The van der Waals surface area contributed by atoms with Crippen molar-refractivity contribution in [2.45, 2.75) is 10.8 Å². The summed E-state index contributed by atoms with van der Waals surface area (Å²) >= 11 is 0.